The zero-order valence-electron chi connectivity index (χ0n) is 17.7. The molecule has 1 saturated heterocycles. The van der Waals surface area contributed by atoms with E-state index in [-0.39, 0.29) is 11.9 Å². The second kappa shape index (κ2) is 10.1. The molecule has 0 aliphatic carbocycles. The van der Waals surface area contributed by atoms with Crippen molar-refractivity contribution in [2.45, 2.75) is 25.8 Å². The molecule has 4 rings (SSSR count). The molecule has 3 aromatic rings. The van der Waals surface area contributed by atoms with Gasteiger partial charge < -0.3 is 15.5 Å². The third kappa shape index (κ3) is 5.39. The third-order valence-corrected chi connectivity index (χ3v) is 5.24. The summed E-state index contributed by atoms with van der Waals surface area (Å²) in [4.78, 5) is 10.9. The van der Waals surface area contributed by atoms with Crippen molar-refractivity contribution in [3.8, 4) is 5.69 Å². The number of para-hydroxylation sites is 1. The van der Waals surface area contributed by atoms with Gasteiger partial charge in [-0.2, -0.15) is 5.10 Å². The normalized spacial score (nSPS) is 16.5. The first-order chi connectivity index (χ1) is 15.2. The van der Waals surface area contributed by atoms with Crippen molar-refractivity contribution in [2.24, 2.45) is 4.99 Å². The van der Waals surface area contributed by atoms with Crippen molar-refractivity contribution < 1.29 is 4.39 Å². The summed E-state index contributed by atoms with van der Waals surface area (Å²) in [6.07, 6.45) is 7.27. The fraction of sp³-hybridized carbons (Fsp3) is 0.348. The number of hydrogen-bond acceptors (Lipinski definition) is 4. The minimum Gasteiger partial charge on any atom is -0.357 e. The van der Waals surface area contributed by atoms with Gasteiger partial charge in [0.2, 0.25) is 0 Å². The lowest BCUT2D eigenvalue weighted by Crippen LogP contribution is -2.44. The van der Waals surface area contributed by atoms with E-state index in [1.807, 2.05) is 59.2 Å². The molecule has 0 amide bonds. The Morgan fingerprint density at radius 2 is 2.10 bits per heavy atom. The first-order valence-corrected chi connectivity index (χ1v) is 10.7. The van der Waals surface area contributed by atoms with Crippen LogP contribution >= 0.6 is 0 Å². The van der Waals surface area contributed by atoms with Crippen LogP contribution in [0.4, 0.5) is 10.2 Å². The Morgan fingerprint density at radius 1 is 1.23 bits per heavy atom. The van der Waals surface area contributed by atoms with Gasteiger partial charge in [-0.15, -0.1) is 0 Å². The van der Waals surface area contributed by atoms with E-state index in [4.69, 9.17) is 4.99 Å². The summed E-state index contributed by atoms with van der Waals surface area (Å²) in [6.45, 7) is 4.95. The minimum absolute atomic E-state index is 0.194. The minimum atomic E-state index is -0.278. The van der Waals surface area contributed by atoms with Gasteiger partial charge >= 0.3 is 0 Å². The van der Waals surface area contributed by atoms with Crippen LogP contribution in [0.2, 0.25) is 0 Å². The number of pyridine rings is 1. The van der Waals surface area contributed by atoms with Gasteiger partial charge in [0.1, 0.15) is 0 Å². The number of aliphatic imine (C=N–C) groups is 1. The van der Waals surface area contributed by atoms with Crippen molar-refractivity contribution in [3.63, 3.8) is 0 Å². The smallest absolute Gasteiger partial charge is 0.191 e. The van der Waals surface area contributed by atoms with Gasteiger partial charge in [-0.3, -0.25) is 4.99 Å². The Balaban J connectivity index is 1.32. The van der Waals surface area contributed by atoms with Crippen molar-refractivity contribution in [1.82, 2.24) is 25.4 Å². The van der Waals surface area contributed by atoms with Gasteiger partial charge in [0.25, 0.3) is 0 Å². The maximum absolute atomic E-state index is 14.0. The van der Waals surface area contributed by atoms with Crippen LogP contribution in [0.1, 0.15) is 18.9 Å². The predicted octanol–water partition coefficient (Wildman–Crippen LogP) is 2.78. The molecular weight excluding hydrogens is 393 g/mol. The highest BCUT2D eigenvalue weighted by Crippen LogP contribution is 2.20. The molecule has 1 aromatic carbocycles. The summed E-state index contributed by atoms with van der Waals surface area (Å²) in [5.74, 6) is 0.926. The number of benzene rings is 1. The van der Waals surface area contributed by atoms with E-state index >= 15 is 0 Å². The highest BCUT2D eigenvalue weighted by atomic mass is 19.1. The lowest BCUT2D eigenvalue weighted by Gasteiger charge is -2.19. The summed E-state index contributed by atoms with van der Waals surface area (Å²) < 4.78 is 15.9. The highest BCUT2D eigenvalue weighted by Gasteiger charge is 2.25. The Hall–Kier alpha value is -3.42. The van der Waals surface area contributed by atoms with Crippen LogP contribution in [0.3, 0.4) is 0 Å². The number of guanidine groups is 1. The third-order valence-electron chi connectivity index (χ3n) is 5.24. The lowest BCUT2D eigenvalue weighted by molar-refractivity contribution is 0.612. The van der Waals surface area contributed by atoms with Crippen molar-refractivity contribution in [1.29, 1.82) is 0 Å². The molecule has 1 aliphatic heterocycles. The Kier molecular flexibility index (Phi) is 6.76. The molecule has 0 spiro atoms. The zero-order valence-corrected chi connectivity index (χ0v) is 17.7. The van der Waals surface area contributed by atoms with E-state index in [0.29, 0.717) is 18.9 Å². The Morgan fingerprint density at radius 3 is 2.90 bits per heavy atom. The van der Waals surface area contributed by atoms with Crippen LogP contribution in [-0.2, 0) is 6.42 Å². The molecule has 0 bridgehead atoms. The molecule has 0 saturated carbocycles. The molecule has 1 unspecified atom stereocenters. The van der Waals surface area contributed by atoms with Crippen LogP contribution in [0.5, 0.6) is 0 Å². The fourth-order valence-corrected chi connectivity index (χ4v) is 3.70. The maximum atomic E-state index is 14.0. The van der Waals surface area contributed by atoms with Crippen LogP contribution in [0.15, 0.2) is 66.0 Å². The first kappa shape index (κ1) is 20.8. The van der Waals surface area contributed by atoms with Gasteiger partial charge in [0.15, 0.2) is 17.6 Å². The van der Waals surface area contributed by atoms with E-state index in [9.17, 15) is 4.39 Å². The molecular formula is C23H28FN7. The summed E-state index contributed by atoms with van der Waals surface area (Å²) >= 11 is 0. The van der Waals surface area contributed by atoms with Crippen LogP contribution in [0, 0.1) is 5.82 Å². The van der Waals surface area contributed by atoms with Crippen molar-refractivity contribution >= 4 is 11.8 Å². The van der Waals surface area contributed by atoms with Crippen LogP contribution in [-0.4, -0.2) is 52.9 Å². The summed E-state index contributed by atoms with van der Waals surface area (Å²) in [5.41, 5.74) is 2.18. The molecule has 162 valence electrons. The molecule has 1 fully saturated rings. The number of hydrogen-bond donors (Lipinski definition) is 2. The van der Waals surface area contributed by atoms with Gasteiger partial charge in [-0.05, 0) is 49.6 Å². The molecule has 3 heterocycles. The summed E-state index contributed by atoms with van der Waals surface area (Å²) in [5, 5.41) is 11.2. The second-order valence-electron chi connectivity index (χ2n) is 7.52. The zero-order chi connectivity index (χ0) is 21.5. The number of aromatic nitrogens is 3. The summed E-state index contributed by atoms with van der Waals surface area (Å²) in [7, 11) is 0. The second-order valence-corrected chi connectivity index (χ2v) is 7.52. The largest absolute Gasteiger partial charge is 0.357 e. The monoisotopic (exact) mass is 421 g/mol. The van der Waals surface area contributed by atoms with Crippen LogP contribution in [0.25, 0.3) is 5.69 Å². The fourth-order valence-electron chi connectivity index (χ4n) is 3.70. The van der Waals surface area contributed by atoms with E-state index < -0.39 is 0 Å². The Bertz CT molecular complexity index is 1000. The molecule has 8 heteroatoms. The van der Waals surface area contributed by atoms with Crippen molar-refractivity contribution in [3.05, 3.63) is 72.4 Å². The van der Waals surface area contributed by atoms with Gasteiger partial charge in [0, 0.05) is 44.6 Å². The molecule has 7 nitrogen and oxygen atoms in total. The van der Waals surface area contributed by atoms with Gasteiger partial charge in [-0.25, -0.2) is 14.1 Å². The topological polar surface area (TPSA) is 70.4 Å². The van der Waals surface area contributed by atoms with Crippen molar-refractivity contribution in [2.75, 3.05) is 31.1 Å². The number of rotatable bonds is 7. The average Bonchev–Trinajstić information content (AvgIpc) is 3.45. The quantitative estimate of drug-likeness (QED) is 0.454. The van der Waals surface area contributed by atoms with E-state index in [0.717, 1.165) is 43.1 Å². The Labute approximate surface area is 182 Å². The number of halogens is 1. The molecule has 2 N–H and O–H groups in total. The van der Waals surface area contributed by atoms with Gasteiger partial charge in [0.05, 0.1) is 11.9 Å². The summed E-state index contributed by atoms with van der Waals surface area (Å²) in [6, 6.07) is 13.3. The average molecular weight is 422 g/mol. The van der Waals surface area contributed by atoms with Crippen LogP contribution < -0.4 is 15.5 Å². The molecule has 1 atom stereocenters. The molecule has 0 radical (unpaired) electrons. The predicted molar refractivity (Wildman–Crippen MR) is 121 cm³/mol. The number of anilines is 1. The lowest BCUT2D eigenvalue weighted by atomic mass is 10.2. The molecule has 31 heavy (non-hydrogen) atoms. The number of nitrogens with one attached hydrogen (secondary N) is 2. The molecule has 1 aliphatic rings. The van der Waals surface area contributed by atoms with E-state index in [1.54, 1.807) is 12.3 Å². The first-order valence-electron chi connectivity index (χ1n) is 10.7. The number of nitrogens with zero attached hydrogens (tertiary/aromatic N) is 5. The highest BCUT2D eigenvalue weighted by molar-refractivity contribution is 5.80. The maximum Gasteiger partial charge on any atom is 0.191 e. The SMILES string of the molecule is CCNC(=NCCc1cnn(-c2ccccc2)c1)NC1CCN(c2ncccc2F)C1. The van der Waals surface area contributed by atoms with E-state index in [1.165, 1.54) is 6.07 Å². The standard InChI is InChI=1S/C23H28FN7/c1-2-25-23(29-19-11-14-30(17-19)22-21(24)9-6-12-26-22)27-13-10-18-15-28-31(16-18)20-7-4-3-5-8-20/h3-9,12,15-16,19H,2,10-11,13-14,17H2,1H3,(H2,25,27,29). The van der Waals surface area contributed by atoms with Gasteiger partial charge in [-0.1, -0.05) is 18.2 Å². The van der Waals surface area contributed by atoms with E-state index in [2.05, 4.69) is 20.7 Å². The molecule has 2 aromatic heterocycles.